The monoisotopic (exact) mass is 376 g/mol. The maximum absolute atomic E-state index is 12.4. The summed E-state index contributed by atoms with van der Waals surface area (Å²) >= 11 is 1.23. The molecule has 0 aliphatic carbocycles. The van der Waals surface area contributed by atoms with E-state index in [0.29, 0.717) is 11.0 Å². The van der Waals surface area contributed by atoms with E-state index in [2.05, 4.69) is 20.5 Å². The minimum atomic E-state index is -0.137. The number of benzene rings is 2. The van der Waals surface area contributed by atoms with Gasteiger partial charge in [-0.1, -0.05) is 48.2 Å². The largest absolute Gasteiger partial charge is 0.335 e. The summed E-state index contributed by atoms with van der Waals surface area (Å²) in [6.45, 7) is 0. The fraction of sp³-hybridized carbons (Fsp3) is 0.0526. The van der Waals surface area contributed by atoms with Crippen LogP contribution in [0.1, 0.15) is 0 Å². The number of amides is 1. The number of pyridine rings is 1. The van der Waals surface area contributed by atoms with Crippen LogP contribution in [0.5, 0.6) is 0 Å². The molecule has 0 bridgehead atoms. The van der Waals surface area contributed by atoms with Crippen molar-refractivity contribution in [2.24, 2.45) is 0 Å². The highest BCUT2D eigenvalue weighted by Gasteiger charge is 2.14. The summed E-state index contributed by atoms with van der Waals surface area (Å²) in [7, 11) is 0. The van der Waals surface area contributed by atoms with Crippen LogP contribution >= 0.6 is 11.8 Å². The molecule has 27 heavy (non-hydrogen) atoms. The molecule has 0 aliphatic heterocycles. The van der Waals surface area contributed by atoms with Crippen LogP contribution in [-0.4, -0.2) is 31.5 Å². The zero-order valence-electron chi connectivity index (χ0n) is 14.2. The molecule has 7 nitrogen and oxygen atoms in total. The first-order valence-corrected chi connectivity index (χ1v) is 9.22. The third-order valence-electron chi connectivity index (χ3n) is 3.98. The lowest BCUT2D eigenvalue weighted by Gasteiger charge is -2.08. The van der Waals surface area contributed by atoms with Gasteiger partial charge in [0.1, 0.15) is 0 Å². The second-order valence-electron chi connectivity index (χ2n) is 5.78. The highest BCUT2D eigenvalue weighted by Crippen LogP contribution is 2.24. The molecule has 0 saturated carbocycles. The van der Waals surface area contributed by atoms with Crippen molar-refractivity contribution in [2.45, 2.75) is 5.16 Å². The summed E-state index contributed by atoms with van der Waals surface area (Å²) in [5.74, 6) is 6.60. The van der Waals surface area contributed by atoms with Gasteiger partial charge < -0.3 is 11.2 Å². The maximum atomic E-state index is 12.4. The van der Waals surface area contributed by atoms with Gasteiger partial charge in [-0.3, -0.25) is 9.78 Å². The number of nitrogens with one attached hydrogen (secondary N) is 1. The minimum Gasteiger partial charge on any atom is -0.335 e. The molecule has 134 valence electrons. The van der Waals surface area contributed by atoms with Crippen LogP contribution in [0.4, 0.5) is 5.69 Å². The molecule has 0 unspecified atom stereocenters. The second-order valence-corrected chi connectivity index (χ2v) is 6.72. The summed E-state index contributed by atoms with van der Waals surface area (Å²) < 4.78 is 1.37. The van der Waals surface area contributed by atoms with Crippen LogP contribution < -0.4 is 11.2 Å². The first-order valence-electron chi connectivity index (χ1n) is 8.23. The van der Waals surface area contributed by atoms with Crippen molar-refractivity contribution in [3.63, 3.8) is 0 Å². The summed E-state index contributed by atoms with van der Waals surface area (Å²) in [5.41, 5.74) is 1.54. The number of fused-ring (bicyclic) bond motifs is 1. The fourth-order valence-corrected chi connectivity index (χ4v) is 3.37. The van der Waals surface area contributed by atoms with Crippen LogP contribution in [0.3, 0.4) is 0 Å². The Bertz CT molecular complexity index is 1090. The number of thioether (sulfide) groups is 1. The smallest absolute Gasteiger partial charge is 0.234 e. The van der Waals surface area contributed by atoms with Gasteiger partial charge in [-0.2, -0.15) is 0 Å². The van der Waals surface area contributed by atoms with Crippen molar-refractivity contribution in [2.75, 3.05) is 16.9 Å². The number of nitrogens with zero attached hydrogens (tertiary/aromatic N) is 4. The zero-order valence-corrected chi connectivity index (χ0v) is 15.1. The van der Waals surface area contributed by atoms with Crippen molar-refractivity contribution in [3.8, 4) is 11.4 Å². The Hall–Kier alpha value is -3.39. The Kier molecular flexibility index (Phi) is 4.71. The van der Waals surface area contributed by atoms with E-state index in [0.717, 1.165) is 22.0 Å². The van der Waals surface area contributed by atoms with Gasteiger partial charge in [0.25, 0.3) is 0 Å². The first kappa shape index (κ1) is 17.0. The zero-order chi connectivity index (χ0) is 18.6. The predicted molar refractivity (Wildman–Crippen MR) is 107 cm³/mol. The number of rotatable bonds is 5. The third-order valence-corrected chi connectivity index (χ3v) is 4.92. The van der Waals surface area contributed by atoms with Crippen LogP contribution in [0.25, 0.3) is 22.2 Å². The molecule has 2 aromatic heterocycles. The van der Waals surface area contributed by atoms with Crippen LogP contribution in [0, 0.1) is 0 Å². The molecule has 8 heteroatoms. The molecular weight excluding hydrogens is 360 g/mol. The lowest BCUT2D eigenvalue weighted by atomic mass is 10.1. The average Bonchev–Trinajstić information content (AvgIpc) is 3.08. The van der Waals surface area contributed by atoms with Crippen LogP contribution in [-0.2, 0) is 4.79 Å². The van der Waals surface area contributed by atoms with E-state index in [-0.39, 0.29) is 11.7 Å². The standard InChI is InChI=1S/C19H16N6OS/c20-25-18(14-7-4-10-21-11-14)23-24-19(25)27-12-17(26)22-16-9-3-6-13-5-1-2-8-15(13)16/h1-11H,12,20H2,(H,22,26). The van der Waals surface area contributed by atoms with E-state index in [9.17, 15) is 4.79 Å². The van der Waals surface area contributed by atoms with Gasteiger partial charge in [-0.05, 0) is 23.6 Å². The predicted octanol–water partition coefficient (Wildman–Crippen LogP) is 2.94. The summed E-state index contributed by atoms with van der Waals surface area (Å²) in [6, 6.07) is 17.4. The van der Waals surface area contributed by atoms with Crippen molar-refractivity contribution in [1.82, 2.24) is 19.9 Å². The van der Waals surface area contributed by atoms with Crippen molar-refractivity contribution < 1.29 is 4.79 Å². The molecule has 0 spiro atoms. The number of aromatic nitrogens is 4. The van der Waals surface area contributed by atoms with Gasteiger partial charge in [-0.25, -0.2) is 4.68 Å². The highest BCUT2D eigenvalue weighted by molar-refractivity contribution is 7.99. The van der Waals surface area contributed by atoms with Gasteiger partial charge in [-0.15, -0.1) is 10.2 Å². The van der Waals surface area contributed by atoms with E-state index < -0.39 is 0 Å². The topological polar surface area (TPSA) is 98.7 Å². The molecule has 3 N–H and O–H groups in total. The Labute approximate surface area is 159 Å². The molecule has 2 aromatic carbocycles. The van der Waals surface area contributed by atoms with Gasteiger partial charge in [0.2, 0.25) is 11.1 Å². The quantitative estimate of drug-likeness (QED) is 0.410. The number of anilines is 1. The highest BCUT2D eigenvalue weighted by atomic mass is 32.2. The summed E-state index contributed by atoms with van der Waals surface area (Å²) in [6.07, 6.45) is 3.34. The summed E-state index contributed by atoms with van der Waals surface area (Å²) in [4.78, 5) is 16.4. The first-order chi connectivity index (χ1) is 13.2. The molecule has 0 saturated heterocycles. The summed E-state index contributed by atoms with van der Waals surface area (Å²) in [5, 5.41) is 13.6. The Morgan fingerprint density at radius 3 is 2.78 bits per heavy atom. The minimum absolute atomic E-state index is 0.137. The van der Waals surface area contributed by atoms with Gasteiger partial charge in [0, 0.05) is 29.0 Å². The van der Waals surface area contributed by atoms with E-state index in [1.807, 2.05) is 48.5 Å². The molecule has 0 radical (unpaired) electrons. The molecule has 1 amide bonds. The normalized spacial score (nSPS) is 10.8. The average molecular weight is 376 g/mol. The van der Waals surface area contributed by atoms with Crippen LogP contribution in [0.2, 0.25) is 0 Å². The molecule has 2 heterocycles. The number of carbonyl (C=O) groups excluding carboxylic acids is 1. The lowest BCUT2D eigenvalue weighted by Crippen LogP contribution is -2.16. The molecular formula is C19H16N6OS. The van der Waals surface area contributed by atoms with Gasteiger partial charge >= 0.3 is 0 Å². The molecule has 0 atom stereocenters. The molecule has 0 fully saturated rings. The van der Waals surface area contributed by atoms with Crippen molar-refractivity contribution in [3.05, 3.63) is 67.0 Å². The van der Waals surface area contributed by atoms with Gasteiger partial charge in [0.05, 0.1) is 5.75 Å². The van der Waals surface area contributed by atoms with Crippen LogP contribution in [0.15, 0.2) is 72.1 Å². The number of nitrogens with two attached hydrogens (primary N) is 1. The van der Waals surface area contributed by atoms with E-state index in [1.54, 1.807) is 18.5 Å². The SMILES string of the molecule is Nn1c(SCC(=O)Nc2cccc3ccccc23)nnc1-c1cccnc1. The lowest BCUT2D eigenvalue weighted by molar-refractivity contribution is -0.113. The van der Waals surface area contributed by atoms with E-state index in [1.165, 1.54) is 16.4 Å². The Morgan fingerprint density at radius 1 is 1.07 bits per heavy atom. The maximum Gasteiger partial charge on any atom is 0.234 e. The number of carbonyl (C=O) groups is 1. The fourth-order valence-electron chi connectivity index (χ4n) is 2.72. The molecule has 0 aliphatic rings. The molecule has 4 rings (SSSR count). The number of hydrogen-bond acceptors (Lipinski definition) is 6. The van der Waals surface area contributed by atoms with Crippen molar-refractivity contribution in [1.29, 1.82) is 0 Å². The van der Waals surface area contributed by atoms with Crippen molar-refractivity contribution >= 4 is 34.1 Å². The van der Waals surface area contributed by atoms with E-state index in [4.69, 9.17) is 5.84 Å². The number of hydrogen-bond donors (Lipinski definition) is 2. The second kappa shape index (κ2) is 7.46. The molecule has 4 aromatic rings. The number of nitrogen functional groups attached to an aromatic ring is 1. The van der Waals surface area contributed by atoms with Gasteiger partial charge in [0.15, 0.2) is 5.82 Å². The Balaban J connectivity index is 1.45. The Morgan fingerprint density at radius 2 is 1.93 bits per heavy atom. The van der Waals surface area contributed by atoms with E-state index >= 15 is 0 Å². The third kappa shape index (κ3) is 3.61.